The van der Waals surface area contributed by atoms with Crippen LogP contribution in [0.3, 0.4) is 0 Å². The minimum Gasteiger partial charge on any atom is -0.465 e. The summed E-state index contributed by atoms with van der Waals surface area (Å²) < 4.78 is 38.9. The lowest BCUT2D eigenvalue weighted by Crippen LogP contribution is -2.30. The maximum Gasteiger partial charge on any atom is 0.433 e. The standard InChI is InChI=1S/C14H12F3N5O4/c1-7-2-3-8(5-19-7)6-21(13(23)24)9-4-10(14(15,16)17)20-12(18)11(9)22(25)26/h2-5H,6H2,1H3,(H2,18,20)(H,23,24). The molecule has 0 unspecified atom stereocenters. The Hall–Kier alpha value is -3.44. The summed E-state index contributed by atoms with van der Waals surface area (Å²) in [6.45, 7) is 1.22. The minimum absolute atomic E-state index is 0.282. The van der Waals surface area contributed by atoms with Gasteiger partial charge >= 0.3 is 18.0 Å². The second-order valence-corrected chi connectivity index (χ2v) is 5.19. The van der Waals surface area contributed by atoms with Crippen LogP contribution in [-0.4, -0.2) is 26.1 Å². The van der Waals surface area contributed by atoms with Gasteiger partial charge in [-0.05, 0) is 18.6 Å². The SMILES string of the molecule is Cc1ccc(CN(C(=O)O)c2cc(C(F)(F)F)nc(N)c2[N+](=O)[O-])cn1. The number of nitrogen functional groups attached to an aromatic ring is 1. The highest BCUT2D eigenvalue weighted by Gasteiger charge is 2.38. The molecule has 26 heavy (non-hydrogen) atoms. The molecule has 0 fully saturated rings. The molecule has 0 aliphatic rings. The number of rotatable bonds is 4. The molecular formula is C14H12F3N5O4. The number of nitro groups is 1. The van der Waals surface area contributed by atoms with Crippen LogP contribution in [0.2, 0.25) is 0 Å². The minimum atomic E-state index is -4.96. The number of carbonyl (C=O) groups is 1. The molecule has 1 amide bonds. The molecule has 3 N–H and O–H groups in total. The normalized spacial score (nSPS) is 11.2. The third-order valence-corrected chi connectivity index (χ3v) is 3.31. The van der Waals surface area contributed by atoms with Crippen LogP contribution < -0.4 is 10.6 Å². The van der Waals surface area contributed by atoms with Crippen molar-refractivity contribution >= 4 is 23.3 Å². The van der Waals surface area contributed by atoms with Crippen molar-refractivity contribution in [2.45, 2.75) is 19.6 Å². The molecule has 0 saturated heterocycles. The summed E-state index contributed by atoms with van der Waals surface area (Å²) >= 11 is 0. The smallest absolute Gasteiger partial charge is 0.433 e. The number of halogens is 3. The highest BCUT2D eigenvalue weighted by Crippen LogP contribution is 2.39. The molecule has 2 aromatic heterocycles. The number of hydrogen-bond acceptors (Lipinski definition) is 6. The largest absolute Gasteiger partial charge is 0.465 e. The third-order valence-electron chi connectivity index (χ3n) is 3.31. The van der Waals surface area contributed by atoms with E-state index >= 15 is 0 Å². The predicted molar refractivity (Wildman–Crippen MR) is 83.5 cm³/mol. The van der Waals surface area contributed by atoms with Gasteiger partial charge in [0, 0.05) is 18.0 Å². The van der Waals surface area contributed by atoms with E-state index in [0.29, 0.717) is 16.2 Å². The van der Waals surface area contributed by atoms with E-state index in [-0.39, 0.29) is 6.07 Å². The van der Waals surface area contributed by atoms with Crippen LogP contribution in [0.1, 0.15) is 17.0 Å². The van der Waals surface area contributed by atoms with Crippen molar-refractivity contribution in [2.75, 3.05) is 10.6 Å². The summed E-state index contributed by atoms with van der Waals surface area (Å²) in [4.78, 5) is 29.0. The second-order valence-electron chi connectivity index (χ2n) is 5.19. The van der Waals surface area contributed by atoms with E-state index < -0.39 is 46.6 Å². The average molecular weight is 371 g/mol. The Kier molecular flexibility index (Phi) is 4.95. The zero-order valence-electron chi connectivity index (χ0n) is 13.2. The summed E-state index contributed by atoms with van der Waals surface area (Å²) in [6.07, 6.45) is -5.35. The Morgan fingerprint density at radius 1 is 1.42 bits per heavy atom. The van der Waals surface area contributed by atoms with Crippen molar-refractivity contribution in [3.63, 3.8) is 0 Å². The van der Waals surface area contributed by atoms with Gasteiger partial charge in [0.25, 0.3) is 0 Å². The summed E-state index contributed by atoms with van der Waals surface area (Å²) in [5.74, 6) is -1.03. The molecule has 12 heteroatoms. The zero-order valence-corrected chi connectivity index (χ0v) is 13.2. The first-order valence-electron chi connectivity index (χ1n) is 6.94. The highest BCUT2D eigenvalue weighted by atomic mass is 19.4. The second kappa shape index (κ2) is 6.82. The lowest BCUT2D eigenvalue weighted by atomic mass is 10.2. The van der Waals surface area contributed by atoms with Crippen LogP contribution in [0.25, 0.3) is 0 Å². The van der Waals surface area contributed by atoms with Crippen LogP contribution in [0.4, 0.5) is 35.2 Å². The number of hydrogen-bond donors (Lipinski definition) is 2. The molecule has 138 valence electrons. The number of nitrogens with zero attached hydrogens (tertiary/aromatic N) is 4. The number of aryl methyl sites for hydroxylation is 1. The van der Waals surface area contributed by atoms with Gasteiger partial charge in [0.1, 0.15) is 11.4 Å². The zero-order chi connectivity index (χ0) is 19.6. The number of alkyl halides is 3. The van der Waals surface area contributed by atoms with Crippen molar-refractivity contribution in [3.8, 4) is 0 Å². The van der Waals surface area contributed by atoms with Gasteiger partial charge in [-0.25, -0.2) is 9.78 Å². The van der Waals surface area contributed by atoms with E-state index in [0.717, 1.165) is 0 Å². The molecule has 2 heterocycles. The quantitative estimate of drug-likeness (QED) is 0.623. The molecule has 0 aliphatic heterocycles. The van der Waals surface area contributed by atoms with Gasteiger partial charge in [0.15, 0.2) is 0 Å². The molecule has 0 bridgehead atoms. The van der Waals surface area contributed by atoms with Crippen LogP contribution in [0.5, 0.6) is 0 Å². The number of nitrogens with two attached hydrogens (primary N) is 1. The topological polar surface area (TPSA) is 135 Å². The Labute approximate surface area is 144 Å². The van der Waals surface area contributed by atoms with Gasteiger partial charge in [-0.2, -0.15) is 13.2 Å². The van der Waals surface area contributed by atoms with E-state index in [1.54, 1.807) is 13.0 Å². The lowest BCUT2D eigenvalue weighted by Gasteiger charge is -2.20. The van der Waals surface area contributed by atoms with Crippen molar-refractivity contribution < 1.29 is 28.0 Å². The van der Waals surface area contributed by atoms with Crippen LogP contribution >= 0.6 is 0 Å². The summed E-state index contributed by atoms with van der Waals surface area (Å²) in [5.41, 5.74) is 2.84. The van der Waals surface area contributed by atoms with E-state index in [4.69, 9.17) is 5.73 Å². The lowest BCUT2D eigenvalue weighted by molar-refractivity contribution is -0.383. The third kappa shape index (κ3) is 3.96. The van der Waals surface area contributed by atoms with Gasteiger partial charge in [0.2, 0.25) is 5.82 Å². The molecule has 0 atom stereocenters. The van der Waals surface area contributed by atoms with Gasteiger partial charge in [0.05, 0.1) is 11.5 Å². The summed E-state index contributed by atoms with van der Waals surface area (Å²) in [5, 5.41) is 20.6. The van der Waals surface area contributed by atoms with E-state index in [1.165, 1.54) is 12.3 Å². The monoisotopic (exact) mass is 371 g/mol. The van der Waals surface area contributed by atoms with Gasteiger partial charge < -0.3 is 10.8 Å². The molecular weight excluding hydrogens is 359 g/mol. The maximum atomic E-state index is 13.0. The Balaban J connectivity index is 2.62. The molecule has 0 aliphatic carbocycles. The number of pyridine rings is 2. The summed E-state index contributed by atoms with van der Waals surface area (Å²) in [7, 11) is 0. The number of amides is 1. The van der Waals surface area contributed by atoms with Gasteiger partial charge in [-0.15, -0.1) is 0 Å². The first kappa shape index (κ1) is 18.9. The Bertz CT molecular complexity index is 855. The molecule has 0 spiro atoms. The van der Waals surface area contributed by atoms with Gasteiger partial charge in [-0.1, -0.05) is 6.07 Å². The van der Waals surface area contributed by atoms with E-state index in [9.17, 15) is 33.2 Å². The highest BCUT2D eigenvalue weighted by molar-refractivity contribution is 5.91. The van der Waals surface area contributed by atoms with Crippen molar-refractivity contribution in [2.24, 2.45) is 0 Å². The fourth-order valence-corrected chi connectivity index (χ4v) is 2.11. The van der Waals surface area contributed by atoms with Gasteiger partial charge in [-0.3, -0.25) is 20.0 Å². The summed E-state index contributed by atoms with van der Waals surface area (Å²) in [6, 6.07) is 3.34. The van der Waals surface area contributed by atoms with Crippen molar-refractivity contribution in [1.82, 2.24) is 9.97 Å². The number of carboxylic acid groups (broad SMARTS) is 1. The van der Waals surface area contributed by atoms with Crippen LogP contribution in [-0.2, 0) is 12.7 Å². The first-order chi connectivity index (χ1) is 12.0. The predicted octanol–water partition coefficient (Wildman–Crippen LogP) is 2.98. The molecule has 2 rings (SSSR count). The average Bonchev–Trinajstić information content (AvgIpc) is 2.52. The Morgan fingerprint density at radius 2 is 2.08 bits per heavy atom. The van der Waals surface area contributed by atoms with E-state index in [1.807, 2.05) is 0 Å². The number of anilines is 2. The molecule has 0 radical (unpaired) electrons. The van der Waals surface area contributed by atoms with Crippen molar-refractivity contribution in [3.05, 3.63) is 51.5 Å². The van der Waals surface area contributed by atoms with Crippen molar-refractivity contribution in [1.29, 1.82) is 0 Å². The number of aromatic nitrogens is 2. The van der Waals surface area contributed by atoms with Crippen LogP contribution in [0, 0.1) is 17.0 Å². The molecule has 0 saturated carbocycles. The maximum absolute atomic E-state index is 13.0. The van der Waals surface area contributed by atoms with Crippen LogP contribution in [0.15, 0.2) is 24.4 Å². The molecule has 0 aromatic carbocycles. The fourth-order valence-electron chi connectivity index (χ4n) is 2.11. The molecule has 2 aromatic rings. The fraction of sp³-hybridized carbons (Fsp3) is 0.214. The molecule has 9 nitrogen and oxygen atoms in total. The Morgan fingerprint density at radius 3 is 2.54 bits per heavy atom. The first-order valence-corrected chi connectivity index (χ1v) is 6.94. The van der Waals surface area contributed by atoms with E-state index in [2.05, 4.69) is 9.97 Å².